The third-order valence-corrected chi connectivity index (χ3v) is 6.22. The topological polar surface area (TPSA) is 66.4 Å². The molecule has 1 aliphatic carbocycles. The molecule has 2 N–H and O–H groups in total. The summed E-state index contributed by atoms with van der Waals surface area (Å²) in [6, 6.07) is 13.8. The van der Waals surface area contributed by atoms with Crippen LogP contribution in [-0.2, 0) is 16.0 Å². The number of anilines is 1. The van der Waals surface area contributed by atoms with Gasteiger partial charge < -0.3 is 10.4 Å². The number of hydrogen-bond donors (Lipinski definition) is 2. The van der Waals surface area contributed by atoms with Gasteiger partial charge >= 0.3 is 5.97 Å². The summed E-state index contributed by atoms with van der Waals surface area (Å²) in [6.45, 7) is 1.92. The highest BCUT2D eigenvalue weighted by Crippen LogP contribution is 2.40. The van der Waals surface area contributed by atoms with Crippen LogP contribution in [0.4, 0.5) is 5.69 Å². The number of carboxylic acid groups (broad SMARTS) is 1. The minimum absolute atomic E-state index is 0.0529. The van der Waals surface area contributed by atoms with Crippen LogP contribution in [0.5, 0.6) is 0 Å². The molecule has 0 aliphatic heterocycles. The molecule has 0 bridgehead atoms. The lowest BCUT2D eigenvalue weighted by atomic mass is 9.69. The molecule has 0 heterocycles. The largest absolute Gasteiger partial charge is 0.478 e. The molecule has 0 radical (unpaired) electrons. The molecule has 1 aliphatic rings. The van der Waals surface area contributed by atoms with Gasteiger partial charge in [0.25, 0.3) is 0 Å². The van der Waals surface area contributed by atoms with Crippen molar-refractivity contribution in [1.29, 1.82) is 0 Å². The average Bonchev–Trinajstić information content (AvgIpc) is 2.70. The smallest absolute Gasteiger partial charge is 0.328 e. The highest BCUT2D eigenvalue weighted by Gasteiger charge is 2.39. The second-order valence-corrected chi connectivity index (χ2v) is 8.76. The van der Waals surface area contributed by atoms with Crippen molar-refractivity contribution in [2.75, 3.05) is 5.32 Å². The van der Waals surface area contributed by atoms with E-state index >= 15 is 0 Å². The monoisotopic (exact) mass is 455 g/mol. The van der Waals surface area contributed by atoms with Gasteiger partial charge in [0, 0.05) is 16.2 Å². The van der Waals surface area contributed by atoms with Crippen LogP contribution in [0.15, 0.2) is 53.0 Å². The normalized spacial score (nSPS) is 15.9. The first-order valence-corrected chi connectivity index (χ1v) is 10.7. The quantitative estimate of drug-likeness (QED) is 0.525. The van der Waals surface area contributed by atoms with Crippen LogP contribution >= 0.6 is 15.9 Å². The fourth-order valence-corrected chi connectivity index (χ4v) is 4.29. The first-order chi connectivity index (χ1) is 13.9. The zero-order valence-electron chi connectivity index (χ0n) is 16.6. The highest BCUT2D eigenvalue weighted by atomic mass is 79.9. The van der Waals surface area contributed by atoms with Crippen molar-refractivity contribution in [2.24, 2.45) is 5.41 Å². The van der Waals surface area contributed by atoms with Gasteiger partial charge in [-0.05, 0) is 73.2 Å². The van der Waals surface area contributed by atoms with Crippen molar-refractivity contribution in [3.05, 3.63) is 69.7 Å². The Balaban J connectivity index is 1.82. The lowest BCUT2D eigenvalue weighted by Crippen LogP contribution is -2.40. The van der Waals surface area contributed by atoms with Crippen molar-refractivity contribution in [1.82, 2.24) is 0 Å². The maximum atomic E-state index is 13.4. The molecule has 29 heavy (non-hydrogen) atoms. The van der Waals surface area contributed by atoms with Gasteiger partial charge in [0.1, 0.15) is 0 Å². The Bertz CT molecular complexity index is 912. The molecule has 1 amide bonds. The Morgan fingerprint density at radius 2 is 1.79 bits per heavy atom. The molecule has 0 saturated heterocycles. The third-order valence-electron chi connectivity index (χ3n) is 5.69. The number of carbonyl (C=O) groups is 2. The number of benzene rings is 2. The molecule has 1 saturated carbocycles. The maximum Gasteiger partial charge on any atom is 0.328 e. The van der Waals surface area contributed by atoms with E-state index in [4.69, 9.17) is 5.11 Å². The van der Waals surface area contributed by atoms with Crippen molar-refractivity contribution in [2.45, 2.75) is 45.4 Å². The molecule has 0 spiro atoms. The lowest BCUT2D eigenvalue weighted by Gasteiger charge is -2.36. The summed E-state index contributed by atoms with van der Waals surface area (Å²) in [5.74, 6) is -0.938. The van der Waals surface area contributed by atoms with E-state index in [1.165, 1.54) is 12.0 Å². The van der Waals surface area contributed by atoms with Gasteiger partial charge in [-0.1, -0.05) is 53.4 Å². The van der Waals surface area contributed by atoms with E-state index in [9.17, 15) is 9.59 Å². The molecule has 0 atom stereocenters. The zero-order chi connectivity index (χ0) is 20.9. The summed E-state index contributed by atoms with van der Waals surface area (Å²) in [4.78, 5) is 24.2. The molecule has 3 rings (SSSR count). The average molecular weight is 456 g/mol. The summed E-state index contributed by atoms with van der Waals surface area (Å²) in [5.41, 5.74) is 3.21. The van der Waals surface area contributed by atoms with Crippen LogP contribution in [0, 0.1) is 12.3 Å². The molecule has 2 aromatic carbocycles. The van der Waals surface area contributed by atoms with Gasteiger partial charge in [0.15, 0.2) is 0 Å². The number of halogens is 1. The van der Waals surface area contributed by atoms with Crippen LogP contribution in [0.3, 0.4) is 0 Å². The SMILES string of the molecule is Cc1ccc(NC(=O)C2(Cc3ccc(Br)cc3)CCCCC2)cc1/C=C/C(=O)O. The number of nitrogens with one attached hydrogen (secondary N) is 1. The number of aryl methyl sites for hydroxylation is 1. The molecule has 152 valence electrons. The van der Waals surface area contributed by atoms with Crippen LogP contribution < -0.4 is 5.32 Å². The lowest BCUT2D eigenvalue weighted by molar-refractivity contribution is -0.131. The Morgan fingerprint density at radius 3 is 2.45 bits per heavy atom. The predicted molar refractivity (Wildman–Crippen MR) is 120 cm³/mol. The fraction of sp³-hybridized carbons (Fsp3) is 0.333. The Labute approximate surface area is 180 Å². The van der Waals surface area contributed by atoms with E-state index in [0.717, 1.165) is 53.8 Å². The predicted octanol–water partition coefficient (Wildman–Crippen LogP) is 5.99. The minimum Gasteiger partial charge on any atom is -0.478 e. The molecular weight excluding hydrogens is 430 g/mol. The van der Waals surface area contributed by atoms with E-state index in [-0.39, 0.29) is 5.91 Å². The summed E-state index contributed by atoms with van der Waals surface area (Å²) >= 11 is 3.47. The summed E-state index contributed by atoms with van der Waals surface area (Å²) < 4.78 is 1.03. The van der Waals surface area contributed by atoms with Crippen molar-refractivity contribution in [3.8, 4) is 0 Å². The standard InChI is InChI=1S/C24H26BrNO3/c1-17-5-11-21(15-19(17)8-12-22(27)28)26-23(29)24(13-3-2-4-14-24)16-18-6-9-20(25)10-7-18/h5-12,15H,2-4,13-14,16H2,1H3,(H,26,29)(H,27,28)/b12-8+. The number of carboxylic acids is 1. The molecular formula is C24H26BrNO3. The molecule has 2 aromatic rings. The van der Waals surface area contributed by atoms with Gasteiger partial charge in [0.05, 0.1) is 5.41 Å². The zero-order valence-corrected chi connectivity index (χ0v) is 18.2. The van der Waals surface area contributed by atoms with Crippen LogP contribution in [0.1, 0.15) is 48.8 Å². The highest BCUT2D eigenvalue weighted by molar-refractivity contribution is 9.10. The first kappa shape index (κ1) is 21.3. The second kappa shape index (κ2) is 9.40. The van der Waals surface area contributed by atoms with Gasteiger partial charge in [0.2, 0.25) is 5.91 Å². The Kier molecular flexibility index (Phi) is 6.91. The van der Waals surface area contributed by atoms with Crippen LogP contribution in [-0.4, -0.2) is 17.0 Å². The van der Waals surface area contributed by atoms with E-state index in [0.29, 0.717) is 5.69 Å². The van der Waals surface area contributed by atoms with Gasteiger partial charge in [-0.2, -0.15) is 0 Å². The second-order valence-electron chi connectivity index (χ2n) is 7.84. The molecule has 5 heteroatoms. The van der Waals surface area contributed by atoms with Crippen LogP contribution in [0.25, 0.3) is 6.08 Å². The van der Waals surface area contributed by atoms with E-state index in [1.54, 1.807) is 6.08 Å². The fourth-order valence-electron chi connectivity index (χ4n) is 4.03. The van der Waals surface area contributed by atoms with Crippen LogP contribution in [0.2, 0.25) is 0 Å². The molecule has 1 fully saturated rings. The van der Waals surface area contributed by atoms with E-state index in [1.807, 2.05) is 37.3 Å². The minimum atomic E-state index is -0.991. The Morgan fingerprint density at radius 1 is 1.10 bits per heavy atom. The number of hydrogen-bond acceptors (Lipinski definition) is 2. The summed E-state index contributed by atoms with van der Waals surface area (Å²) in [5, 5.41) is 12.0. The Hall–Kier alpha value is -2.40. The number of aliphatic carboxylic acids is 1. The van der Waals surface area contributed by atoms with E-state index < -0.39 is 11.4 Å². The van der Waals surface area contributed by atoms with Gasteiger partial charge in [-0.3, -0.25) is 4.79 Å². The van der Waals surface area contributed by atoms with Gasteiger partial charge in [-0.25, -0.2) is 4.79 Å². The van der Waals surface area contributed by atoms with Gasteiger partial charge in [-0.15, -0.1) is 0 Å². The summed E-state index contributed by atoms with van der Waals surface area (Å²) in [6.07, 6.45) is 8.46. The third kappa shape index (κ3) is 5.57. The first-order valence-electron chi connectivity index (χ1n) is 9.96. The molecule has 0 unspecified atom stereocenters. The summed E-state index contributed by atoms with van der Waals surface area (Å²) in [7, 11) is 0. The van der Waals surface area contributed by atoms with Crippen molar-refractivity contribution < 1.29 is 14.7 Å². The van der Waals surface area contributed by atoms with E-state index in [2.05, 4.69) is 33.4 Å². The van der Waals surface area contributed by atoms with Crippen molar-refractivity contribution >= 4 is 39.6 Å². The molecule has 0 aromatic heterocycles. The number of rotatable bonds is 6. The maximum absolute atomic E-state index is 13.4. The van der Waals surface area contributed by atoms with Crippen molar-refractivity contribution in [3.63, 3.8) is 0 Å². The molecule has 4 nitrogen and oxygen atoms in total. The number of carbonyl (C=O) groups excluding carboxylic acids is 1. The number of amides is 1.